The lowest BCUT2D eigenvalue weighted by molar-refractivity contribution is -0.0561. The van der Waals surface area contributed by atoms with E-state index >= 15 is 0 Å². The minimum absolute atomic E-state index is 0. The summed E-state index contributed by atoms with van der Waals surface area (Å²) < 4.78 is 55.7. The van der Waals surface area contributed by atoms with Crippen LogP contribution in [0.3, 0.4) is 0 Å². The molecule has 1 N–H and O–H groups in total. The minimum atomic E-state index is -2.97. The van der Waals surface area contributed by atoms with Crippen LogP contribution in [0.4, 0.5) is 17.6 Å². The van der Waals surface area contributed by atoms with Crippen molar-refractivity contribution in [2.24, 2.45) is 0 Å². The predicted molar refractivity (Wildman–Crippen MR) is 88.5 cm³/mol. The highest BCUT2D eigenvalue weighted by Crippen LogP contribution is 2.31. The van der Waals surface area contributed by atoms with Gasteiger partial charge in [0.05, 0.1) is 12.1 Å². The van der Waals surface area contributed by atoms with Crippen molar-refractivity contribution in [3.63, 3.8) is 0 Å². The monoisotopic (exact) mass is 380 g/mol. The first-order chi connectivity index (χ1) is 11.4. The molecule has 0 unspecified atom stereocenters. The second-order valence-electron chi connectivity index (χ2n) is 6.56. The Morgan fingerprint density at radius 2 is 1.84 bits per heavy atom. The average Bonchev–Trinajstić information content (AvgIpc) is 2.56. The normalized spacial score (nSPS) is 20.9. The molecular weight excluding hydrogens is 360 g/mol. The van der Waals surface area contributed by atoms with E-state index in [4.69, 9.17) is 0 Å². The fraction of sp³-hybridized carbons (Fsp3) is 0.588. The van der Waals surface area contributed by atoms with Crippen LogP contribution in [0.25, 0.3) is 0 Å². The van der Waals surface area contributed by atoms with Crippen LogP contribution in [0.2, 0.25) is 0 Å². The summed E-state index contributed by atoms with van der Waals surface area (Å²) in [6.45, 7) is 0.846. The summed E-state index contributed by atoms with van der Waals surface area (Å²) in [6.07, 6.45) is 1.25. The van der Waals surface area contributed by atoms with E-state index in [1.54, 1.807) is 0 Å². The second-order valence-corrected chi connectivity index (χ2v) is 6.56. The third-order valence-electron chi connectivity index (χ3n) is 4.78. The summed E-state index contributed by atoms with van der Waals surface area (Å²) in [5, 5.41) is 3.15. The molecule has 1 aromatic carbocycles. The summed E-state index contributed by atoms with van der Waals surface area (Å²) in [5.74, 6) is -5.43. The Morgan fingerprint density at radius 1 is 1.16 bits per heavy atom. The molecule has 3 rings (SSSR count). The van der Waals surface area contributed by atoms with Crippen LogP contribution in [0.1, 0.15) is 47.5 Å². The number of amides is 1. The topological polar surface area (TPSA) is 32.3 Å². The average molecular weight is 381 g/mol. The van der Waals surface area contributed by atoms with Crippen molar-refractivity contribution < 1.29 is 22.4 Å². The first kappa shape index (κ1) is 20.0. The van der Waals surface area contributed by atoms with Gasteiger partial charge in [0.2, 0.25) is 0 Å². The molecule has 2 saturated heterocycles. The Hall–Kier alpha value is -1.34. The first-order valence-corrected chi connectivity index (χ1v) is 8.24. The number of benzene rings is 1. The fourth-order valence-corrected chi connectivity index (χ4v) is 3.48. The van der Waals surface area contributed by atoms with Crippen molar-refractivity contribution in [1.29, 1.82) is 0 Å². The van der Waals surface area contributed by atoms with Crippen LogP contribution >= 0.6 is 12.4 Å². The van der Waals surface area contributed by atoms with E-state index in [1.165, 1.54) is 0 Å². The van der Waals surface area contributed by atoms with Crippen molar-refractivity contribution in [2.45, 2.75) is 37.5 Å². The van der Waals surface area contributed by atoms with Gasteiger partial charge >= 0.3 is 0 Å². The SMILES string of the molecule is Cl.O=C(c1cc(F)c(C2CCNCC2)cc1F)N1CCCC(F)(F)C1. The number of halogens is 5. The zero-order valence-electron chi connectivity index (χ0n) is 13.7. The molecule has 0 aliphatic carbocycles. The number of piperidine rings is 2. The van der Waals surface area contributed by atoms with Crippen molar-refractivity contribution in [3.05, 3.63) is 34.9 Å². The second kappa shape index (κ2) is 7.91. The van der Waals surface area contributed by atoms with E-state index in [0.29, 0.717) is 12.8 Å². The van der Waals surface area contributed by atoms with E-state index in [-0.39, 0.29) is 43.3 Å². The van der Waals surface area contributed by atoms with Crippen molar-refractivity contribution in [2.75, 3.05) is 26.2 Å². The number of carbonyl (C=O) groups excluding carboxylic acids is 1. The molecule has 25 heavy (non-hydrogen) atoms. The molecule has 0 atom stereocenters. The van der Waals surface area contributed by atoms with Crippen molar-refractivity contribution in [3.8, 4) is 0 Å². The van der Waals surface area contributed by atoms with Crippen LogP contribution in [0.5, 0.6) is 0 Å². The Labute approximate surface area is 150 Å². The number of carbonyl (C=O) groups is 1. The molecule has 2 fully saturated rings. The van der Waals surface area contributed by atoms with Crippen LogP contribution in [0, 0.1) is 11.6 Å². The van der Waals surface area contributed by atoms with Crippen LogP contribution in [-0.4, -0.2) is 42.9 Å². The van der Waals surface area contributed by atoms with Gasteiger partial charge in [0.25, 0.3) is 11.8 Å². The molecule has 0 spiro atoms. The molecule has 0 bridgehead atoms. The Bertz CT molecular complexity index is 635. The minimum Gasteiger partial charge on any atom is -0.333 e. The quantitative estimate of drug-likeness (QED) is 0.793. The van der Waals surface area contributed by atoms with Gasteiger partial charge in [0.15, 0.2) is 0 Å². The van der Waals surface area contributed by atoms with Gasteiger partial charge in [-0.1, -0.05) is 0 Å². The van der Waals surface area contributed by atoms with Crippen molar-refractivity contribution in [1.82, 2.24) is 10.2 Å². The molecule has 2 aliphatic rings. The summed E-state index contributed by atoms with van der Waals surface area (Å²) >= 11 is 0. The maximum absolute atomic E-state index is 14.4. The molecule has 2 aliphatic heterocycles. The molecule has 140 valence electrons. The summed E-state index contributed by atoms with van der Waals surface area (Å²) in [6, 6.07) is 1.92. The molecule has 8 heteroatoms. The smallest absolute Gasteiger partial charge is 0.265 e. The van der Waals surface area contributed by atoms with E-state index in [0.717, 1.165) is 30.1 Å². The van der Waals surface area contributed by atoms with Gasteiger partial charge in [-0.05, 0) is 56.0 Å². The first-order valence-electron chi connectivity index (χ1n) is 8.24. The predicted octanol–water partition coefficient (Wildman–Crippen LogP) is 3.72. The molecular formula is C17H21ClF4N2O. The van der Waals surface area contributed by atoms with E-state index < -0.39 is 35.6 Å². The van der Waals surface area contributed by atoms with Crippen LogP contribution < -0.4 is 5.32 Å². The number of rotatable bonds is 2. The highest BCUT2D eigenvalue weighted by molar-refractivity contribution is 5.94. The third kappa shape index (κ3) is 4.44. The van der Waals surface area contributed by atoms with E-state index in [2.05, 4.69) is 5.32 Å². The fourth-order valence-electron chi connectivity index (χ4n) is 3.48. The van der Waals surface area contributed by atoms with Gasteiger partial charge in [-0.2, -0.15) is 0 Å². The Kier molecular flexibility index (Phi) is 6.32. The van der Waals surface area contributed by atoms with Crippen LogP contribution in [-0.2, 0) is 0 Å². The molecule has 3 nitrogen and oxygen atoms in total. The zero-order chi connectivity index (χ0) is 17.3. The maximum Gasteiger partial charge on any atom is 0.265 e. The Balaban J connectivity index is 0.00000225. The summed E-state index contributed by atoms with van der Waals surface area (Å²) in [5.41, 5.74) is -0.211. The third-order valence-corrected chi connectivity index (χ3v) is 4.78. The van der Waals surface area contributed by atoms with Gasteiger partial charge in [0, 0.05) is 13.0 Å². The Morgan fingerprint density at radius 3 is 2.48 bits per heavy atom. The number of nitrogens with one attached hydrogen (secondary N) is 1. The molecule has 0 aromatic heterocycles. The lowest BCUT2D eigenvalue weighted by Gasteiger charge is -2.32. The molecule has 0 saturated carbocycles. The van der Waals surface area contributed by atoms with Gasteiger partial charge < -0.3 is 10.2 Å². The molecule has 1 amide bonds. The highest BCUT2D eigenvalue weighted by Gasteiger charge is 2.38. The van der Waals surface area contributed by atoms with Crippen molar-refractivity contribution >= 4 is 18.3 Å². The number of likely N-dealkylation sites (tertiary alicyclic amines) is 1. The zero-order valence-corrected chi connectivity index (χ0v) is 14.5. The number of alkyl halides is 2. The lowest BCUT2D eigenvalue weighted by Crippen LogP contribution is -2.46. The van der Waals surface area contributed by atoms with Crippen LogP contribution in [0.15, 0.2) is 12.1 Å². The van der Waals surface area contributed by atoms with Gasteiger partial charge in [-0.3, -0.25) is 4.79 Å². The van der Waals surface area contributed by atoms with E-state index in [9.17, 15) is 22.4 Å². The number of nitrogens with zero attached hydrogens (tertiary/aromatic N) is 1. The summed E-state index contributed by atoms with van der Waals surface area (Å²) in [4.78, 5) is 13.2. The molecule has 0 radical (unpaired) electrons. The summed E-state index contributed by atoms with van der Waals surface area (Å²) in [7, 11) is 0. The van der Waals surface area contributed by atoms with E-state index in [1.807, 2.05) is 0 Å². The maximum atomic E-state index is 14.4. The standard InChI is InChI=1S/C17H20F4N2O.ClH/c18-14-9-13(16(24)23-7-1-4-17(20,21)10-23)15(19)8-12(14)11-2-5-22-6-3-11;/h8-9,11,22H,1-7,10H2;1H. The number of hydrogen-bond donors (Lipinski definition) is 1. The largest absolute Gasteiger partial charge is 0.333 e. The van der Waals surface area contributed by atoms with Gasteiger partial charge in [-0.15, -0.1) is 12.4 Å². The van der Waals surface area contributed by atoms with Gasteiger partial charge in [0.1, 0.15) is 11.6 Å². The molecule has 2 heterocycles. The number of hydrogen-bond acceptors (Lipinski definition) is 2. The highest BCUT2D eigenvalue weighted by atomic mass is 35.5. The lowest BCUT2D eigenvalue weighted by atomic mass is 9.89. The van der Waals surface area contributed by atoms with Gasteiger partial charge in [-0.25, -0.2) is 17.6 Å². The molecule has 1 aromatic rings.